The molecule has 2 aromatic carbocycles. The normalized spacial score (nSPS) is 18.0. The van der Waals surface area contributed by atoms with Gasteiger partial charge in [0, 0.05) is 5.56 Å². The quantitative estimate of drug-likeness (QED) is 0.529. The van der Waals surface area contributed by atoms with E-state index in [0.29, 0.717) is 29.5 Å². The van der Waals surface area contributed by atoms with Crippen molar-refractivity contribution in [1.29, 1.82) is 0 Å². The number of anilines is 1. The van der Waals surface area contributed by atoms with Gasteiger partial charge in [-0.25, -0.2) is 0 Å². The van der Waals surface area contributed by atoms with E-state index in [1.807, 2.05) is 19.1 Å². The number of hydrogen-bond donors (Lipinski definition) is 1. The van der Waals surface area contributed by atoms with Crippen molar-refractivity contribution in [3.63, 3.8) is 0 Å². The number of benzene rings is 2. The molecule has 32 heavy (non-hydrogen) atoms. The lowest BCUT2D eigenvalue weighted by molar-refractivity contribution is -0.140. The number of nitrogens with zero attached hydrogens (tertiary/aromatic N) is 1. The van der Waals surface area contributed by atoms with Gasteiger partial charge in [-0.15, -0.1) is 0 Å². The smallest absolute Gasteiger partial charge is 0.264 e. The molecule has 3 aromatic rings. The average molecular weight is 430 g/mol. The Hall–Kier alpha value is -3.44. The van der Waals surface area contributed by atoms with Gasteiger partial charge < -0.3 is 14.4 Å². The largest absolute Gasteiger partial charge is 0.465 e. The van der Waals surface area contributed by atoms with Crippen molar-refractivity contribution in [3.05, 3.63) is 95.0 Å². The highest BCUT2D eigenvalue weighted by Crippen LogP contribution is 2.43. The lowest BCUT2D eigenvalue weighted by Crippen LogP contribution is -2.41. The molecule has 0 fully saturated rings. The Morgan fingerprint density at radius 3 is 2.66 bits per heavy atom. The molecule has 0 bridgehead atoms. The van der Waals surface area contributed by atoms with Gasteiger partial charge in [0.05, 0.1) is 24.9 Å². The van der Waals surface area contributed by atoms with Crippen LogP contribution >= 0.6 is 0 Å². The van der Waals surface area contributed by atoms with Gasteiger partial charge in [0.2, 0.25) is 0 Å². The third kappa shape index (κ3) is 4.04. The van der Waals surface area contributed by atoms with E-state index in [9.17, 15) is 14.7 Å². The summed E-state index contributed by atoms with van der Waals surface area (Å²) in [5, 5.41) is 11.4. The lowest BCUT2D eigenvalue weighted by Gasteiger charge is -2.23. The van der Waals surface area contributed by atoms with E-state index in [-0.39, 0.29) is 12.2 Å². The zero-order valence-corrected chi connectivity index (χ0v) is 18.5. The molecule has 2 heterocycles. The minimum Gasteiger partial charge on any atom is -0.465 e. The number of amides is 1. The molecule has 0 saturated carbocycles. The topological polar surface area (TPSA) is 70.8 Å². The Balaban J connectivity index is 1.63. The molecule has 0 radical (unpaired) electrons. The van der Waals surface area contributed by atoms with Crippen LogP contribution in [0.5, 0.6) is 0 Å². The predicted molar refractivity (Wildman–Crippen MR) is 124 cm³/mol. The Bertz CT molecular complexity index is 1180. The number of furan rings is 1. The molecule has 5 heteroatoms. The number of fused-ring (bicyclic) bond motifs is 1. The summed E-state index contributed by atoms with van der Waals surface area (Å²) in [4.78, 5) is 27.7. The molecule has 164 valence electrons. The van der Waals surface area contributed by atoms with E-state index in [0.717, 1.165) is 11.1 Å². The minimum atomic E-state index is -1.90. The zero-order chi connectivity index (χ0) is 22.9. The first-order valence-corrected chi connectivity index (χ1v) is 10.8. The number of ketones is 1. The van der Waals surface area contributed by atoms with Crippen molar-refractivity contribution < 1.29 is 19.1 Å². The van der Waals surface area contributed by atoms with Crippen molar-refractivity contribution >= 4 is 23.5 Å². The van der Waals surface area contributed by atoms with E-state index in [1.54, 1.807) is 29.2 Å². The standard InChI is InChI=1S/C27H27NO4/c1-18(2)20-11-10-19(3)21(15-20)17-28-25-9-5-4-8-24(25)27(31,26(28)30)16-22(29)12-13-23-7-6-14-32-23/h4-15,18,31H,16-17H2,1-3H3/b13-12+/t27-/m1/s1. The Morgan fingerprint density at radius 1 is 1.16 bits per heavy atom. The van der Waals surface area contributed by atoms with E-state index in [2.05, 4.69) is 32.0 Å². The van der Waals surface area contributed by atoms with Gasteiger partial charge in [0.1, 0.15) is 5.76 Å². The molecule has 1 aliphatic heterocycles. The molecule has 1 N–H and O–H groups in total. The fourth-order valence-corrected chi connectivity index (χ4v) is 4.10. The maximum absolute atomic E-state index is 13.5. The summed E-state index contributed by atoms with van der Waals surface area (Å²) in [6.07, 6.45) is 4.06. The third-order valence-corrected chi connectivity index (χ3v) is 6.01. The summed E-state index contributed by atoms with van der Waals surface area (Å²) in [5.74, 6) is 0.0664. The monoisotopic (exact) mass is 429 g/mol. The number of rotatable bonds is 7. The van der Waals surface area contributed by atoms with Crippen molar-refractivity contribution in [2.45, 2.75) is 45.3 Å². The average Bonchev–Trinajstić information content (AvgIpc) is 3.36. The second-order valence-electron chi connectivity index (χ2n) is 8.60. The minimum absolute atomic E-state index is 0.332. The number of carbonyl (C=O) groups excluding carboxylic acids is 2. The number of allylic oxidation sites excluding steroid dienone is 1. The van der Waals surface area contributed by atoms with Crippen LogP contribution in [0.15, 0.2) is 71.4 Å². The number of aryl methyl sites for hydroxylation is 1. The van der Waals surface area contributed by atoms with Crippen molar-refractivity contribution in [1.82, 2.24) is 0 Å². The fraction of sp³-hybridized carbons (Fsp3) is 0.259. The van der Waals surface area contributed by atoms with Gasteiger partial charge in [0.15, 0.2) is 11.4 Å². The second kappa shape index (κ2) is 8.60. The van der Waals surface area contributed by atoms with Crippen LogP contribution in [0.25, 0.3) is 6.08 Å². The van der Waals surface area contributed by atoms with Gasteiger partial charge in [-0.3, -0.25) is 9.59 Å². The molecule has 0 unspecified atom stereocenters. The summed E-state index contributed by atoms with van der Waals surface area (Å²) in [6, 6.07) is 16.9. The van der Waals surface area contributed by atoms with E-state index in [1.165, 1.54) is 24.0 Å². The summed E-state index contributed by atoms with van der Waals surface area (Å²) >= 11 is 0. The summed E-state index contributed by atoms with van der Waals surface area (Å²) < 4.78 is 5.20. The molecule has 1 aromatic heterocycles. The van der Waals surface area contributed by atoms with Crippen LogP contribution in [0.2, 0.25) is 0 Å². The van der Waals surface area contributed by atoms with Crippen LogP contribution in [0.4, 0.5) is 5.69 Å². The highest BCUT2D eigenvalue weighted by Gasteiger charge is 2.50. The van der Waals surface area contributed by atoms with E-state index >= 15 is 0 Å². The number of carbonyl (C=O) groups is 2. The maximum atomic E-state index is 13.5. The highest BCUT2D eigenvalue weighted by atomic mass is 16.3. The van der Waals surface area contributed by atoms with Gasteiger partial charge in [0.25, 0.3) is 5.91 Å². The molecular formula is C27H27NO4. The van der Waals surface area contributed by atoms with E-state index in [4.69, 9.17) is 4.42 Å². The third-order valence-electron chi connectivity index (χ3n) is 6.01. The molecule has 0 aliphatic carbocycles. The number of aliphatic hydroxyl groups is 1. The van der Waals surface area contributed by atoms with Gasteiger partial charge >= 0.3 is 0 Å². The SMILES string of the molecule is Cc1ccc(C(C)C)cc1CN1C(=O)[C@@](O)(CC(=O)/C=C/c2ccco2)c2ccccc21. The molecule has 1 atom stereocenters. The first-order valence-electron chi connectivity index (χ1n) is 10.8. The van der Waals surface area contributed by atoms with E-state index < -0.39 is 11.5 Å². The Morgan fingerprint density at radius 2 is 1.94 bits per heavy atom. The van der Waals surface area contributed by atoms with Crippen molar-refractivity contribution in [2.24, 2.45) is 0 Å². The van der Waals surface area contributed by atoms with Crippen LogP contribution < -0.4 is 4.90 Å². The maximum Gasteiger partial charge on any atom is 0.264 e. The van der Waals surface area contributed by atoms with Crippen LogP contribution in [0.3, 0.4) is 0 Å². The van der Waals surface area contributed by atoms with Crippen LogP contribution in [0.1, 0.15) is 54.2 Å². The molecule has 4 rings (SSSR count). The zero-order valence-electron chi connectivity index (χ0n) is 18.5. The molecule has 5 nitrogen and oxygen atoms in total. The summed E-state index contributed by atoms with van der Waals surface area (Å²) in [6.45, 7) is 6.61. The number of para-hydroxylation sites is 1. The first-order chi connectivity index (χ1) is 15.3. The first kappa shape index (κ1) is 21.8. The molecule has 0 saturated heterocycles. The number of hydrogen-bond acceptors (Lipinski definition) is 4. The van der Waals surface area contributed by atoms with Crippen LogP contribution in [-0.4, -0.2) is 16.8 Å². The highest BCUT2D eigenvalue weighted by molar-refractivity contribution is 6.10. The Labute approximate surface area is 188 Å². The van der Waals surface area contributed by atoms with Crippen LogP contribution in [0, 0.1) is 6.92 Å². The molecule has 1 aliphatic rings. The fourth-order valence-electron chi connectivity index (χ4n) is 4.10. The lowest BCUT2D eigenvalue weighted by atomic mass is 9.90. The predicted octanol–water partition coefficient (Wildman–Crippen LogP) is 5.12. The van der Waals surface area contributed by atoms with Crippen LogP contribution in [-0.2, 0) is 21.7 Å². The van der Waals surface area contributed by atoms with Gasteiger partial charge in [-0.1, -0.05) is 50.2 Å². The van der Waals surface area contributed by atoms with Crippen molar-refractivity contribution in [2.75, 3.05) is 4.90 Å². The summed E-state index contributed by atoms with van der Waals surface area (Å²) in [5.41, 5.74) is 2.49. The van der Waals surface area contributed by atoms with Gasteiger partial charge in [-0.05, 0) is 59.9 Å². The Kier molecular flexibility index (Phi) is 5.85. The van der Waals surface area contributed by atoms with Gasteiger partial charge in [-0.2, -0.15) is 0 Å². The second-order valence-corrected chi connectivity index (χ2v) is 8.60. The van der Waals surface area contributed by atoms with Crippen molar-refractivity contribution in [3.8, 4) is 0 Å². The molecule has 0 spiro atoms. The summed E-state index contributed by atoms with van der Waals surface area (Å²) in [7, 11) is 0. The molecular weight excluding hydrogens is 402 g/mol. The molecule has 1 amide bonds.